The molecular formula is C24H27N3O5. The number of rotatable bonds is 6. The monoisotopic (exact) mass is 437 g/mol. The summed E-state index contributed by atoms with van der Waals surface area (Å²) in [7, 11) is 3.04. The van der Waals surface area contributed by atoms with Crippen LogP contribution in [0.4, 0.5) is 5.69 Å². The number of benzene rings is 2. The summed E-state index contributed by atoms with van der Waals surface area (Å²) >= 11 is 0. The molecule has 0 unspecified atom stereocenters. The molecule has 4 rings (SSSR count). The van der Waals surface area contributed by atoms with Crippen LogP contribution in [0.3, 0.4) is 0 Å². The van der Waals surface area contributed by atoms with Crippen molar-refractivity contribution in [3.63, 3.8) is 0 Å². The van der Waals surface area contributed by atoms with Crippen LogP contribution >= 0.6 is 0 Å². The van der Waals surface area contributed by atoms with E-state index in [-0.39, 0.29) is 18.1 Å². The molecule has 0 radical (unpaired) electrons. The number of ether oxygens (including phenoxy) is 2. The Morgan fingerprint density at radius 2 is 1.78 bits per heavy atom. The van der Waals surface area contributed by atoms with Gasteiger partial charge < -0.3 is 14.8 Å². The Kier molecular flexibility index (Phi) is 6.30. The molecule has 32 heavy (non-hydrogen) atoms. The number of hydrogen-bond acceptors (Lipinski definition) is 5. The Hall–Kier alpha value is -3.55. The standard InChI is InChI=1S/C24H27N3O5/c1-31-17-12-13-21(32-2)19(14-17)25-22(28)15-26-20-11-7-6-10-18(20)23(29)27(24(26)30)16-8-4-3-5-9-16/h6-7,10-14,16H,3-5,8-9,15H2,1-2H3,(H,25,28). The van der Waals surface area contributed by atoms with E-state index in [1.165, 1.54) is 23.4 Å². The molecule has 2 aromatic carbocycles. The van der Waals surface area contributed by atoms with Crippen LogP contribution in [-0.2, 0) is 11.3 Å². The van der Waals surface area contributed by atoms with E-state index in [0.717, 1.165) is 32.1 Å². The van der Waals surface area contributed by atoms with Crippen LogP contribution in [0.5, 0.6) is 11.5 Å². The molecule has 8 heteroatoms. The average molecular weight is 437 g/mol. The van der Waals surface area contributed by atoms with Gasteiger partial charge in [-0.1, -0.05) is 31.4 Å². The minimum atomic E-state index is -0.451. The highest BCUT2D eigenvalue weighted by Gasteiger charge is 2.23. The number of para-hydroxylation sites is 1. The first-order chi connectivity index (χ1) is 15.5. The molecular weight excluding hydrogens is 410 g/mol. The number of fused-ring (bicyclic) bond motifs is 1. The molecule has 1 aliphatic rings. The van der Waals surface area contributed by atoms with E-state index in [9.17, 15) is 14.4 Å². The van der Waals surface area contributed by atoms with E-state index in [1.807, 2.05) is 0 Å². The summed E-state index contributed by atoms with van der Waals surface area (Å²) in [6.07, 6.45) is 4.66. The van der Waals surface area contributed by atoms with Gasteiger partial charge in [-0.05, 0) is 37.1 Å². The van der Waals surface area contributed by atoms with E-state index in [4.69, 9.17) is 9.47 Å². The first-order valence-electron chi connectivity index (χ1n) is 10.8. The number of nitrogens with zero attached hydrogens (tertiary/aromatic N) is 2. The fourth-order valence-corrected chi connectivity index (χ4v) is 4.40. The van der Waals surface area contributed by atoms with Gasteiger partial charge in [0.1, 0.15) is 18.0 Å². The smallest absolute Gasteiger partial charge is 0.332 e. The van der Waals surface area contributed by atoms with Crippen LogP contribution in [0.1, 0.15) is 38.1 Å². The molecule has 8 nitrogen and oxygen atoms in total. The van der Waals surface area contributed by atoms with E-state index in [2.05, 4.69) is 5.32 Å². The van der Waals surface area contributed by atoms with Gasteiger partial charge in [0.05, 0.1) is 30.8 Å². The molecule has 1 aromatic heterocycles. The van der Waals surface area contributed by atoms with E-state index >= 15 is 0 Å². The molecule has 1 aliphatic carbocycles. The average Bonchev–Trinajstić information content (AvgIpc) is 2.82. The summed E-state index contributed by atoms with van der Waals surface area (Å²) in [5, 5.41) is 3.23. The number of carbonyl (C=O) groups is 1. The van der Waals surface area contributed by atoms with Crippen molar-refractivity contribution in [2.45, 2.75) is 44.7 Å². The minimum Gasteiger partial charge on any atom is -0.497 e. The van der Waals surface area contributed by atoms with E-state index in [0.29, 0.717) is 28.1 Å². The lowest BCUT2D eigenvalue weighted by Crippen LogP contribution is -2.44. The van der Waals surface area contributed by atoms with Gasteiger partial charge in [-0.15, -0.1) is 0 Å². The third-order valence-electron chi connectivity index (χ3n) is 6.00. The first kappa shape index (κ1) is 21.7. The lowest BCUT2D eigenvalue weighted by Gasteiger charge is -2.24. The molecule has 1 heterocycles. The highest BCUT2D eigenvalue weighted by Crippen LogP contribution is 2.29. The van der Waals surface area contributed by atoms with Crippen molar-refractivity contribution in [1.29, 1.82) is 0 Å². The van der Waals surface area contributed by atoms with Crippen LogP contribution in [0.2, 0.25) is 0 Å². The minimum absolute atomic E-state index is 0.138. The number of amides is 1. The molecule has 1 N–H and O–H groups in total. The zero-order valence-corrected chi connectivity index (χ0v) is 18.3. The molecule has 0 atom stereocenters. The second kappa shape index (κ2) is 9.30. The van der Waals surface area contributed by atoms with Crippen LogP contribution in [0.15, 0.2) is 52.1 Å². The maximum absolute atomic E-state index is 13.4. The Morgan fingerprint density at radius 3 is 2.50 bits per heavy atom. The van der Waals surface area contributed by atoms with Gasteiger partial charge in [-0.25, -0.2) is 4.79 Å². The molecule has 0 aliphatic heterocycles. The largest absolute Gasteiger partial charge is 0.497 e. The number of anilines is 1. The zero-order valence-electron chi connectivity index (χ0n) is 18.3. The first-order valence-corrected chi connectivity index (χ1v) is 10.8. The fraction of sp³-hybridized carbons (Fsp3) is 0.375. The number of carbonyl (C=O) groups excluding carboxylic acids is 1. The van der Waals surface area contributed by atoms with E-state index < -0.39 is 11.6 Å². The second-order valence-electron chi connectivity index (χ2n) is 7.97. The predicted molar refractivity (Wildman–Crippen MR) is 123 cm³/mol. The summed E-state index contributed by atoms with van der Waals surface area (Å²) in [4.78, 5) is 39.5. The van der Waals surface area contributed by atoms with Gasteiger partial charge in [0.15, 0.2) is 0 Å². The maximum atomic E-state index is 13.4. The third-order valence-corrected chi connectivity index (χ3v) is 6.00. The topological polar surface area (TPSA) is 91.6 Å². The summed E-state index contributed by atoms with van der Waals surface area (Å²) in [5.74, 6) is 0.635. The van der Waals surface area contributed by atoms with Crippen LogP contribution in [0.25, 0.3) is 10.9 Å². The second-order valence-corrected chi connectivity index (χ2v) is 7.97. The number of aromatic nitrogens is 2. The normalized spacial score (nSPS) is 14.3. The summed E-state index contributed by atoms with van der Waals surface area (Å²) in [6, 6.07) is 11.9. The van der Waals surface area contributed by atoms with Gasteiger partial charge in [0, 0.05) is 12.1 Å². The molecule has 1 fully saturated rings. The Labute approximate surface area is 185 Å². The van der Waals surface area contributed by atoms with Gasteiger partial charge in [0.2, 0.25) is 5.91 Å². The fourth-order valence-electron chi connectivity index (χ4n) is 4.40. The Balaban J connectivity index is 1.74. The van der Waals surface area contributed by atoms with Crippen molar-refractivity contribution in [2.75, 3.05) is 19.5 Å². The molecule has 168 valence electrons. The van der Waals surface area contributed by atoms with Crippen molar-refractivity contribution >= 4 is 22.5 Å². The quantitative estimate of drug-likeness (QED) is 0.639. The highest BCUT2D eigenvalue weighted by atomic mass is 16.5. The molecule has 3 aromatic rings. The molecule has 0 saturated heterocycles. The van der Waals surface area contributed by atoms with E-state index in [1.54, 1.807) is 42.5 Å². The SMILES string of the molecule is COc1ccc(OC)c(NC(=O)Cn2c(=O)n(C3CCCCC3)c(=O)c3ccccc32)c1. The maximum Gasteiger partial charge on any atom is 0.332 e. The molecule has 0 bridgehead atoms. The predicted octanol–water partition coefficient (Wildman–Crippen LogP) is 3.32. The number of methoxy groups -OCH3 is 2. The van der Waals surface area contributed by atoms with Crippen molar-refractivity contribution in [3.05, 3.63) is 63.3 Å². The summed E-state index contributed by atoms with van der Waals surface area (Å²) < 4.78 is 13.3. The van der Waals surface area contributed by atoms with Crippen molar-refractivity contribution in [3.8, 4) is 11.5 Å². The van der Waals surface area contributed by atoms with Crippen molar-refractivity contribution < 1.29 is 14.3 Å². The Bertz CT molecular complexity index is 1250. The lowest BCUT2D eigenvalue weighted by molar-refractivity contribution is -0.116. The van der Waals surface area contributed by atoms with Crippen molar-refractivity contribution in [2.24, 2.45) is 0 Å². The van der Waals surface area contributed by atoms with Crippen molar-refractivity contribution in [1.82, 2.24) is 9.13 Å². The molecule has 1 saturated carbocycles. The van der Waals surface area contributed by atoms with Gasteiger partial charge >= 0.3 is 5.69 Å². The number of hydrogen-bond donors (Lipinski definition) is 1. The highest BCUT2D eigenvalue weighted by molar-refractivity contribution is 5.93. The lowest BCUT2D eigenvalue weighted by atomic mass is 9.95. The van der Waals surface area contributed by atoms with Gasteiger partial charge in [-0.3, -0.25) is 18.7 Å². The van der Waals surface area contributed by atoms with Crippen LogP contribution in [0, 0.1) is 0 Å². The molecule has 1 amide bonds. The van der Waals surface area contributed by atoms with Crippen LogP contribution < -0.4 is 26.0 Å². The van der Waals surface area contributed by atoms with Gasteiger partial charge in [0.25, 0.3) is 5.56 Å². The van der Waals surface area contributed by atoms with Crippen LogP contribution in [-0.4, -0.2) is 29.3 Å². The third kappa shape index (κ3) is 4.12. The zero-order chi connectivity index (χ0) is 22.7. The number of nitrogens with one attached hydrogen (secondary N) is 1. The van der Waals surface area contributed by atoms with Gasteiger partial charge in [-0.2, -0.15) is 0 Å². The summed E-state index contributed by atoms with van der Waals surface area (Å²) in [5.41, 5.74) is 0.147. The molecule has 0 spiro atoms. The summed E-state index contributed by atoms with van der Waals surface area (Å²) in [6.45, 7) is -0.229. The Morgan fingerprint density at radius 1 is 1.03 bits per heavy atom.